The van der Waals surface area contributed by atoms with Gasteiger partial charge >= 0.3 is 0 Å². The average Bonchev–Trinajstić information content (AvgIpc) is 3.47. The van der Waals surface area contributed by atoms with Gasteiger partial charge in [-0.2, -0.15) is 0 Å². The number of fused-ring (bicyclic) bond motifs is 8. The molecule has 1 fully saturated rings. The van der Waals surface area contributed by atoms with Crippen LogP contribution in [0.25, 0.3) is 10.1 Å². The number of hydrogen-bond donors (Lipinski definition) is 0. The Morgan fingerprint density at radius 3 is 2.38 bits per heavy atom. The van der Waals surface area contributed by atoms with Gasteiger partial charge in [0, 0.05) is 31.2 Å². The molecule has 0 N–H and O–H groups in total. The van der Waals surface area contributed by atoms with Gasteiger partial charge in [0.05, 0.1) is 5.25 Å². The molecule has 7 rings (SSSR count). The van der Waals surface area contributed by atoms with Crippen LogP contribution in [0.5, 0.6) is 0 Å². The summed E-state index contributed by atoms with van der Waals surface area (Å²) in [6.45, 7) is 0. The summed E-state index contributed by atoms with van der Waals surface area (Å²) >= 11 is 5.40. The lowest BCUT2D eigenvalue weighted by atomic mass is 9.79. The predicted octanol–water partition coefficient (Wildman–Crippen LogP) is 6.83. The lowest BCUT2D eigenvalue weighted by Crippen LogP contribution is -2.31. The third-order valence-electron chi connectivity index (χ3n) is 6.60. The first kappa shape index (κ1) is 16.8. The second kappa shape index (κ2) is 5.78. The van der Waals surface area contributed by atoms with E-state index in [0.717, 1.165) is 0 Å². The van der Waals surface area contributed by atoms with Crippen LogP contribution in [0.15, 0.2) is 88.7 Å². The summed E-state index contributed by atoms with van der Waals surface area (Å²) in [6, 6.07) is 28.1. The molecule has 1 nitrogen and oxygen atoms in total. The van der Waals surface area contributed by atoms with Gasteiger partial charge in [0.1, 0.15) is 4.75 Å². The van der Waals surface area contributed by atoms with Crippen molar-refractivity contribution in [3.8, 4) is 0 Å². The Labute approximate surface area is 181 Å². The zero-order valence-corrected chi connectivity index (χ0v) is 17.8. The van der Waals surface area contributed by atoms with Gasteiger partial charge in [-0.15, -0.1) is 34.9 Å². The van der Waals surface area contributed by atoms with Crippen molar-refractivity contribution in [2.75, 3.05) is 0 Å². The highest BCUT2D eigenvalue weighted by Crippen LogP contribution is 2.73. The number of thioether (sulfide) groups is 2. The summed E-state index contributed by atoms with van der Waals surface area (Å²) in [5.74, 6) is 0.858. The monoisotopic (exact) mass is 428 g/mol. The van der Waals surface area contributed by atoms with Crippen molar-refractivity contribution in [3.05, 3.63) is 94.9 Å². The number of benzene rings is 3. The molecule has 0 saturated heterocycles. The fourth-order valence-electron chi connectivity index (χ4n) is 5.44. The Morgan fingerprint density at radius 2 is 1.52 bits per heavy atom. The summed E-state index contributed by atoms with van der Waals surface area (Å²) < 4.78 is 0.772. The third kappa shape index (κ3) is 2.02. The first-order valence-corrected chi connectivity index (χ1v) is 12.4. The van der Waals surface area contributed by atoms with Crippen LogP contribution in [0, 0.1) is 0 Å². The molecule has 3 aliphatic rings. The van der Waals surface area contributed by atoms with Crippen molar-refractivity contribution < 1.29 is 4.79 Å². The number of rotatable bonds is 1. The van der Waals surface area contributed by atoms with Gasteiger partial charge in [-0.3, -0.25) is 4.79 Å². The van der Waals surface area contributed by atoms with Crippen molar-refractivity contribution >= 4 is 50.7 Å². The van der Waals surface area contributed by atoms with Crippen LogP contribution in [-0.2, 0) is 9.54 Å². The van der Waals surface area contributed by atoms with Gasteiger partial charge in [0.15, 0.2) is 5.78 Å². The summed E-state index contributed by atoms with van der Waals surface area (Å²) in [5, 5.41) is 1.26. The van der Waals surface area contributed by atoms with E-state index < -0.39 is 4.75 Å². The van der Waals surface area contributed by atoms with Crippen molar-refractivity contribution in [1.29, 1.82) is 0 Å². The second-order valence-electron chi connectivity index (χ2n) is 7.97. The molecule has 0 amide bonds. The summed E-state index contributed by atoms with van der Waals surface area (Å²) in [5.41, 5.74) is 2.72. The molecular formula is C25H16OS3. The third-order valence-corrected chi connectivity index (χ3v) is 11.0. The molecular weight excluding hydrogens is 412 g/mol. The zero-order chi connectivity index (χ0) is 19.2. The second-order valence-corrected chi connectivity index (χ2v) is 11.5. The van der Waals surface area contributed by atoms with Crippen LogP contribution in [-0.4, -0.2) is 11.0 Å². The van der Waals surface area contributed by atoms with Crippen molar-refractivity contribution in [2.45, 2.75) is 31.6 Å². The van der Waals surface area contributed by atoms with E-state index in [2.05, 4.69) is 78.9 Å². The minimum absolute atomic E-state index is 0.0171. The van der Waals surface area contributed by atoms with Gasteiger partial charge < -0.3 is 0 Å². The fourth-order valence-corrected chi connectivity index (χ4v) is 10.1. The minimum Gasteiger partial charge on any atom is -0.296 e. The van der Waals surface area contributed by atoms with Gasteiger partial charge in [-0.25, -0.2) is 0 Å². The first-order valence-electron chi connectivity index (χ1n) is 9.84. The molecule has 2 aliphatic heterocycles. The van der Waals surface area contributed by atoms with E-state index in [0.29, 0.717) is 5.78 Å². The number of Topliss-reactive ketones (excluding diaryl/α,β-unsaturated/α-hetero) is 1. The number of carbonyl (C=O) groups is 1. The van der Waals surface area contributed by atoms with E-state index >= 15 is 0 Å². The first-order chi connectivity index (χ1) is 14.3. The standard InChI is InChI=1S/C25H16OS3/c26-24-23-21(15-8-2-5-11-18(15)28-23)22-16-9-3-6-12-19(16)29-25(22,24)20-13-14-7-1-4-10-17(14)27-20/h1-13,21-23H/t21-,22-,23-,25-/m0/s1. The maximum Gasteiger partial charge on any atom is 0.169 e. The Balaban J connectivity index is 1.52. The van der Waals surface area contributed by atoms with Crippen LogP contribution in [0.4, 0.5) is 0 Å². The van der Waals surface area contributed by atoms with Gasteiger partial charge in [0.25, 0.3) is 0 Å². The highest BCUT2D eigenvalue weighted by molar-refractivity contribution is 8.03. The van der Waals surface area contributed by atoms with Crippen molar-refractivity contribution in [1.82, 2.24) is 0 Å². The molecule has 3 heterocycles. The highest BCUT2D eigenvalue weighted by Gasteiger charge is 2.68. The molecule has 0 bridgehead atoms. The number of thiophene rings is 1. The predicted molar refractivity (Wildman–Crippen MR) is 122 cm³/mol. The van der Waals surface area contributed by atoms with E-state index in [4.69, 9.17) is 0 Å². The van der Waals surface area contributed by atoms with Crippen LogP contribution >= 0.6 is 34.9 Å². The molecule has 29 heavy (non-hydrogen) atoms. The smallest absolute Gasteiger partial charge is 0.169 e. The number of carbonyl (C=O) groups excluding carboxylic acids is 1. The topological polar surface area (TPSA) is 17.1 Å². The summed E-state index contributed by atoms with van der Waals surface area (Å²) in [7, 11) is 0. The Morgan fingerprint density at radius 1 is 0.793 bits per heavy atom. The zero-order valence-electron chi connectivity index (χ0n) is 15.4. The molecule has 4 atom stereocenters. The van der Waals surface area contributed by atoms with Gasteiger partial charge in [0.2, 0.25) is 0 Å². The highest BCUT2D eigenvalue weighted by atomic mass is 32.2. The normalized spacial score (nSPS) is 29.0. The van der Waals surface area contributed by atoms with Crippen molar-refractivity contribution in [2.24, 2.45) is 0 Å². The number of hydrogen-bond acceptors (Lipinski definition) is 4. The van der Waals surface area contributed by atoms with E-state index in [9.17, 15) is 4.79 Å². The maximum atomic E-state index is 14.2. The largest absolute Gasteiger partial charge is 0.296 e. The molecule has 0 radical (unpaired) electrons. The lowest BCUT2D eigenvalue weighted by Gasteiger charge is -2.28. The quantitative estimate of drug-likeness (QED) is 0.331. The SMILES string of the molecule is O=C1[C@H]2Sc3ccccc3[C@H]2[C@@H]2c3ccccc3S[C@]12c1cc2ccccc2s1. The minimum atomic E-state index is -0.497. The molecule has 0 unspecified atom stereocenters. The van der Waals surface area contributed by atoms with E-state index in [1.807, 2.05) is 11.8 Å². The molecule has 1 aliphatic carbocycles. The number of ketones is 1. The van der Waals surface area contributed by atoms with Gasteiger partial charge in [-0.05, 0) is 40.8 Å². The lowest BCUT2D eigenvalue weighted by molar-refractivity contribution is -0.119. The summed E-state index contributed by atoms with van der Waals surface area (Å²) in [6.07, 6.45) is 0. The molecule has 4 aromatic rings. The molecule has 1 saturated carbocycles. The Bertz CT molecular complexity index is 1290. The molecule has 1 aromatic heterocycles. The van der Waals surface area contributed by atoms with Crippen LogP contribution in [0.1, 0.15) is 27.8 Å². The van der Waals surface area contributed by atoms with Crippen LogP contribution in [0.2, 0.25) is 0 Å². The molecule has 3 aromatic carbocycles. The van der Waals surface area contributed by atoms with Crippen LogP contribution in [0.3, 0.4) is 0 Å². The molecule has 0 spiro atoms. The van der Waals surface area contributed by atoms with Gasteiger partial charge in [-0.1, -0.05) is 54.6 Å². The maximum absolute atomic E-state index is 14.2. The fraction of sp³-hybridized carbons (Fsp3) is 0.160. The van der Waals surface area contributed by atoms with Crippen molar-refractivity contribution in [3.63, 3.8) is 0 Å². The average molecular weight is 429 g/mol. The molecule has 4 heteroatoms. The Kier molecular flexibility index (Phi) is 3.34. The van der Waals surface area contributed by atoms with Crippen LogP contribution < -0.4 is 0 Å². The molecule has 140 valence electrons. The Hall–Kier alpha value is -2.01. The van der Waals surface area contributed by atoms with E-state index in [1.54, 1.807) is 23.1 Å². The van der Waals surface area contributed by atoms with E-state index in [1.165, 1.54) is 35.9 Å². The van der Waals surface area contributed by atoms with E-state index in [-0.39, 0.29) is 17.1 Å². The summed E-state index contributed by atoms with van der Waals surface area (Å²) in [4.78, 5) is 18.0.